The number of quaternary nitrogens is 1. The van der Waals surface area contributed by atoms with Crippen molar-refractivity contribution in [2.24, 2.45) is 5.92 Å². The number of nitrogens with zero attached hydrogens (tertiary/aromatic N) is 1. The monoisotopic (exact) mass is 511 g/mol. The Labute approximate surface area is 199 Å². The molecule has 2 unspecified atom stereocenters. The van der Waals surface area contributed by atoms with Gasteiger partial charge in [0.05, 0.1) is 40.4 Å². The van der Waals surface area contributed by atoms with E-state index in [-0.39, 0.29) is 22.9 Å². The highest BCUT2D eigenvalue weighted by Gasteiger charge is 2.51. The first-order valence-corrected chi connectivity index (χ1v) is 10.9. The molecule has 32 heavy (non-hydrogen) atoms. The minimum absolute atomic E-state index is 0. The van der Waals surface area contributed by atoms with E-state index in [1.165, 1.54) is 63.5 Å². The maximum absolute atomic E-state index is 14.3. The standard InChI is InChI=1S/C25H32F2NO3.BrH/c1-28(2)19-7-8-20(28)12-16(11-19)15-25(29,21-13-17(26)5-9-23(21)30-3)22-14-18(27)6-10-24(22)31-4;/h5-6,9-10,13-14,16,19-20,29H,7-8,11-12,15H2,1-4H3;1H/q+1;/p-1. The number of halogens is 3. The molecular weight excluding hydrogens is 480 g/mol. The summed E-state index contributed by atoms with van der Waals surface area (Å²) in [6.07, 6.45) is 4.65. The van der Waals surface area contributed by atoms with Crippen molar-refractivity contribution in [3.63, 3.8) is 0 Å². The lowest BCUT2D eigenvalue weighted by Crippen LogP contribution is -3.00. The summed E-state index contributed by atoms with van der Waals surface area (Å²) in [6, 6.07) is 9.27. The third kappa shape index (κ3) is 4.27. The van der Waals surface area contributed by atoms with Crippen LogP contribution in [0, 0.1) is 17.6 Å². The van der Waals surface area contributed by atoms with E-state index in [2.05, 4.69) is 14.1 Å². The zero-order valence-corrected chi connectivity index (χ0v) is 20.7. The Morgan fingerprint density at radius 3 is 1.75 bits per heavy atom. The summed E-state index contributed by atoms with van der Waals surface area (Å²) in [5, 5.41) is 12.2. The number of fused-ring (bicyclic) bond motifs is 2. The van der Waals surface area contributed by atoms with Crippen LogP contribution in [0.1, 0.15) is 43.2 Å². The van der Waals surface area contributed by atoms with E-state index < -0.39 is 17.2 Å². The van der Waals surface area contributed by atoms with Crippen molar-refractivity contribution in [1.29, 1.82) is 0 Å². The average Bonchev–Trinajstić information content (AvgIpc) is 2.90. The molecule has 7 heteroatoms. The van der Waals surface area contributed by atoms with Gasteiger partial charge in [0.1, 0.15) is 28.7 Å². The molecule has 0 spiro atoms. The minimum atomic E-state index is -1.65. The predicted molar refractivity (Wildman–Crippen MR) is 115 cm³/mol. The smallest absolute Gasteiger partial charge is 0.125 e. The molecule has 1 N–H and O–H groups in total. The summed E-state index contributed by atoms with van der Waals surface area (Å²) < 4.78 is 40.6. The van der Waals surface area contributed by atoms with Gasteiger partial charge in [0, 0.05) is 36.8 Å². The molecule has 2 aromatic rings. The molecule has 2 atom stereocenters. The molecule has 2 saturated heterocycles. The number of piperidine rings is 1. The van der Waals surface area contributed by atoms with Gasteiger partial charge < -0.3 is 36.0 Å². The van der Waals surface area contributed by atoms with Crippen LogP contribution in [-0.2, 0) is 5.60 Å². The van der Waals surface area contributed by atoms with Gasteiger partial charge in [-0.25, -0.2) is 8.78 Å². The van der Waals surface area contributed by atoms with Crippen LogP contribution in [0.25, 0.3) is 0 Å². The van der Waals surface area contributed by atoms with Gasteiger partial charge in [-0.2, -0.15) is 0 Å². The molecule has 0 amide bonds. The summed E-state index contributed by atoms with van der Waals surface area (Å²) in [5.74, 6) is -0.0120. The Bertz CT molecular complexity index is 899. The van der Waals surface area contributed by atoms with E-state index >= 15 is 0 Å². The number of hydrogen-bond donors (Lipinski definition) is 1. The number of ether oxygens (including phenoxy) is 2. The maximum atomic E-state index is 14.3. The molecule has 2 bridgehead atoms. The highest BCUT2D eigenvalue weighted by atomic mass is 79.9. The number of methoxy groups -OCH3 is 2. The maximum Gasteiger partial charge on any atom is 0.125 e. The topological polar surface area (TPSA) is 38.7 Å². The molecule has 176 valence electrons. The molecule has 0 aliphatic carbocycles. The van der Waals surface area contributed by atoms with Crippen molar-refractivity contribution in [1.82, 2.24) is 0 Å². The first-order valence-electron chi connectivity index (χ1n) is 10.9. The molecule has 2 heterocycles. The fourth-order valence-corrected chi connectivity index (χ4v) is 5.95. The van der Waals surface area contributed by atoms with Gasteiger partial charge in [-0.05, 0) is 48.7 Å². The van der Waals surface area contributed by atoms with Gasteiger partial charge in [-0.3, -0.25) is 0 Å². The first kappa shape index (κ1) is 24.9. The average molecular weight is 512 g/mol. The second kappa shape index (κ2) is 9.27. The fraction of sp³-hybridized carbons (Fsp3) is 0.520. The van der Waals surface area contributed by atoms with Crippen LogP contribution in [-0.4, -0.2) is 50.0 Å². The predicted octanol–water partition coefficient (Wildman–Crippen LogP) is 1.63. The molecule has 4 rings (SSSR count). The lowest BCUT2D eigenvalue weighted by molar-refractivity contribution is -0.931. The summed E-state index contributed by atoms with van der Waals surface area (Å²) in [7, 11) is 7.55. The molecule has 2 fully saturated rings. The van der Waals surface area contributed by atoms with E-state index in [0.29, 0.717) is 41.1 Å². The van der Waals surface area contributed by atoms with Crippen LogP contribution in [0.15, 0.2) is 36.4 Å². The lowest BCUT2D eigenvalue weighted by Gasteiger charge is -2.46. The van der Waals surface area contributed by atoms with E-state index in [0.717, 1.165) is 17.3 Å². The van der Waals surface area contributed by atoms with Gasteiger partial charge in [-0.15, -0.1) is 0 Å². The fourth-order valence-electron chi connectivity index (χ4n) is 5.95. The Morgan fingerprint density at radius 2 is 1.34 bits per heavy atom. The molecule has 2 aliphatic heterocycles. The van der Waals surface area contributed by atoms with E-state index in [1.54, 1.807) is 0 Å². The zero-order chi connectivity index (χ0) is 22.4. The normalized spacial score (nSPS) is 24.0. The first-order chi connectivity index (χ1) is 14.7. The molecule has 4 nitrogen and oxygen atoms in total. The number of rotatable bonds is 6. The van der Waals surface area contributed by atoms with Gasteiger partial charge in [-0.1, -0.05) is 0 Å². The van der Waals surface area contributed by atoms with Gasteiger partial charge >= 0.3 is 0 Å². The summed E-state index contributed by atoms with van der Waals surface area (Å²) >= 11 is 0. The second-order valence-electron chi connectivity index (χ2n) is 9.61. The van der Waals surface area contributed by atoms with Crippen molar-refractivity contribution in [3.8, 4) is 11.5 Å². The van der Waals surface area contributed by atoms with Crippen molar-refractivity contribution in [2.75, 3.05) is 28.3 Å². The molecule has 0 saturated carbocycles. The third-order valence-electron chi connectivity index (χ3n) is 7.72. The van der Waals surface area contributed by atoms with Gasteiger partial charge in [0.25, 0.3) is 0 Å². The summed E-state index contributed by atoms with van der Waals surface area (Å²) in [4.78, 5) is 0. The molecular formula is C25H32BrF2NO3. The highest BCUT2D eigenvalue weighted by molar-refractivity contribution is 5.50. The zero-order valence-electron chi connectivity index (χ0n) is 19.1. The van der Waals surface area contributed by atoms with Gasteiger partial charge in [0.15, 0.2) is 0 Å². The Balaban J connectivity index is 0.00000289. The molecule has 0 radical (unpaired) electrons. The Hall–Kier alpha value is -1.70. The number of hydrogen-bond acceptors (Lipinski definition) is 3. The molecule has 0 aromatic heterocycles. The second-order valence-corrected chi connectivity index (χ2v) is 9.61. The van der Waals surface area contributed by atoms with Crippen molar-refractivity contribution in [3.05, 3.63) is 59.2 Å². The summed E-state index contributed by atoms with van der Waals surface area (Å²) in [6.45, 7) is 0. The number of benzene rings is 2. The minimum Gasteiger partial charge on any atom is -1.00 e. The Morgan fingerprint density at radius 1 is 0.906 bits per heavy atom. The SMILES string of the molecule is COc1ccc(F)cc1C(O)(CC1CC2CCC(C1)[N+]2(C)C)c1cc(F)ccc1OC.[Br-]. The van der Waals surface area contributed by atoms with Gasteiger partial charge in [0.2, 0.25) is 0 Å². The molecule has 2 aromatic carbocycles. The van der Waals surface area contributed by atoms with E-state index in [9.17, 15) is 13.9 Å². The third-order valence-corrected chi connectivity index (χ3v) is 7.72. The van der Waals surface area contributed by atoms with Crippen LogP contribution in [0.2, 0.25) is 0 Å². The van der Waals surface area contributed by atoms with E-state index in [1.807, 2.05) is 0 Å². The van der Waals surface area contributed by atoms with Crippen LogP contribution >= 0.6 is 0 Å². The van der Waals surface area contributed by atoms with Crippen molar-refractivity contribution in [2.45, 2.75) is 49.8 Å². The van der Waals surface area contributed by atoms with Crippen molar-refractivity contribution < 1.29 is 44.8 Å². The quantitative estimate of drug-likeness (QED) is 0.599. The Kier molecular flexibility index (Phi) is 7.23. The van der Waals surface area contributed by atoms with Crippen LogP contribution in [0.3, 0.4) is 0 Å². The highest BCUT2D eigenvalue weighted by Crippen LogP contribution is 2.50. The van der Waals surface area contributed by atoms with Crippen LogP contribution in [0.4, 0.5) is 8.78 Å². The lowest BCUT2D eigenvalue weighted by atomic mass is 9.74. The molecule has 2 aliphatic rings. The van der Waals surface area contributed by atoms with E-state index in [4.69, 9.17) is 9.47 Å². The van der Waals surface area contributed by atoms with Crippen LogP contribution in [0.5, 0.6) is 11.5 Å². The summed E-state index contributed by atoms with van der Waals surface area (Å²) in [5.41, 5.74) is -1.06. The largest absolute Gasteiger partial charge is 1.00 e. The number of aliphatic hydroxyl groups is 1. The van der Waals surface area contributed by atoms with Crippen molar-refractivity contribution >= 4 is 0 Å². The van der Waals surface area contributed by atoms with Crippen LogP contribution < -0.4 is 26.5 Å².